The Morgan fingerprint density at radius 2 is 2.11 bits per heavy atom. The number of thioether (sulfide) groups is 1. The molecule has 0 aromatic heterocycles. The lowest BCUT2D eigenvalue weighted by Crippen LogP contribution is -2.13. The molecule has 0 N–H and O–H groups in total. The molecule has 1 heterocycles. The molecule has 2 nitrogen and oxygen atoms in total. The molecule has 0 radical (unpaired) electrons. The summed E-state index contributed by atoms with van der Waals surface area (Å²) in [7, 11) is 0. The Labute approximate surface area is 116 Å². The van der Waals surface area contributed by atoms with Crippen molar-refractivity contribution in [3.63, 3.8) is 0 Å². The second-order valence-corrected chi connectivity index (χ2v) is 5.90. The monoisotopic (exact) mass is 270 g/mol. The van der Waals surface area contributed by atoms with E-state index < -0.39 is 0 Å². The fraction of sp³-hybridized carbons (Fsp3) is 0.188. The van der Waals surface area contributed by atoms with Gasteiger partial charge in [0.05, 0.1) is 0 Å². The second kappa shape index (κ2) is 5.49. The van der Waals surface area contributed by atoms with E-state index >= 15 is 0 Å². The van der Waals surface area contributed by atoms with Gasteiger partial charge in [-0.1, -0.05) is 30.3 Å². The molecule has 3 rings (SSSR count). The maximum Gasteiger partial charge on any atom is 0.150 e. The molecule has 2 aromatic carbocycles. The molecule has 0 saturated carbocycles. The minimum Gasteiger partial charge on any atom is -0.492 e. The van der Waals surface area contributed by atoms with Gasteiger partial charge >= 0.3 is 0 Å². The van der Waals surface area contributed by atoms with Crippen molar-refractivity contribution in [2.75, 3.05) is 6.61 Å². The predicted octanol–water partition coefficient (Wildman–Crippen LogP) is 3.59. The molecule has 0 fully saturated rings. The molecule has 1 atom stereocenters. The number of fused-ring (bicyclic) bond motifs is 1. The van der Waals surface area contributed by atoms with Crippen molar-refractivity contribution in [1.29, 1.82) is 0 Å². The van der Waals surface area contributed by atoms with Crippen molar-refractivity contribution in [2.45, 2.75) is 16.6 Å². The molecule has 96 valence electrons. The van der Waals surface area contributed by atoms with Crippen molar-refractivity contribution in [3.8, 4) is 5.75 Å². The quantitative estimate of drug-likeness (QED) is 0.794. The molecule has 0 aliphatic carbocycles. The zero-order valence-electron chi connectivity index (χ0n) is 10.4. The fourth-order valence-electron chi connectivity index (χ4n) is 2.21. The second-order valence-electron chi connectivity index (χ2n) is 4.55. The minimum atomic E-state index is 0.456. The number of benzene rings is 2. The van der Waals surface area contributed by atoms with Crippen LogP contribution in [-0.2, 0) is 6.42 Å². The topological polar surface area (TPSA) is 26.3 Å². The Bertz CT molecular complexity index is 570. The molecule has 0 amide bonds. The van der Waals surface area contributed by atoms with Gasteiger partial charge in [0, 0.05) is 15.7 Å². The lowest BCUT2D eigenvalue weighted by atomic mass is 10.1. The van der Waals surface area contributed by atoms with Crippen LogP contribution in [0.2, 0.25) is 0 Å². The summed E-state index contributed by atoms with van der Waals surface area (Å²) < 4.78 is 5.78. The van der Waals surface area contributed by atoms with E-state index in [4.69, 9.17) is 4.74 Å². The average molecular weight is 270 g/mol. The molecule has 0 saturated heterocycles. The highest BCUT2D eigenvalue weighted by Gasteiger charge is 2.22. The first-order valence-corrected chi connectivity index (χ1v) is 7.16. The lowest BCUT2D eigenvalue weighted by molar-refractivity contribution is 0.112. The average Bonchev–Trinajstić information content (AvgIpc) is 2.88. The maximum absolute atomic E-state index is 10.7. The van der Waals surface area contributed by atoms with Gasteiger partial charge in [0.2, 0.25) is 0 Å². The molecular formula is C16H14O2S. The van der Waals surface area contributed by atoms with Crippen molar-refractivity contribution < 1.29 is 9.53 Å². The molecule has 19 heavy (non-hydrogen) atoms. The highest BCUT2D eigenvalue weighted by molar-refractivity contribution is 8.00. The number of hydrogen-bond acceptors (Lipinski definition) is 3. The van der Waals surface area contributed by atoms with Gasteiger partial charge in [-0.2, -0.15) is 0 Å². The van der Waals surface area contributed by atoms with Gasteiger partial charge in [-0.3, -0.25) is 4.79 Å². The van der Waals surface area contributed by atoms with Gasteiger partial charge in [0.25, 0.3) is 0 Å². The largest absolute Gasteiger partial charge is 0.492 e. The summed E-state index contributed by atoms with van der Waals surface area (Å²) in [6, 6.07) is 15.8. The number of hydrogen-bond donors (Lipinski definition) is 0. The maximum atomic E-state index is 10.7. The van der Waals surface area contributed by atoms with Gasteiger partial charge < -0.3 is 4.74 Å². The van der Waals surface area contributed by atoms with Crippen LogP contribution < -0.4 is 4.74 Å². The molecular weight excluding hydrogens is 256 g/mol. The van der Waals surface area contributed by atoms with Crippen molar-refractivity contribution >= 4 is 18.0 Å². The summed E-state index contributed by atoms with van der Waals surface area (Å²) in [5, 5.41) is 0.456. The van der Waals surface area contributed by atoms with Crippen molar-refractivity contribution in [3.05, 3.63) is 59.7 Å². The summed E-state index contributed by atoms with van der Waals surface area (Å²) in [5.41, 5.74) is 2.06. The molecule has 1 unspecified atom stereocenters. The third-order valence-corrected chi connectivity index (χ3v) is 4.43. The molecule has 0 spiro atoms. The first kappa shape index (κ1) is 12.3. The summed E-state index contributed by atoms with van der Waals surface area (Å²) in [4.78, 5) is 12.1. The highest BCUT2D eigenvalue weighted by atomic mass is 32.2. The van der Waals surface area contributed by atoms with Gasteiger partial charge in [-0.15, -0.1) is 11.8 Å². The van der Waals surface area contributed by atoms with Gasteiger partial charge in [-0.25, -0.2) is 0 Å². The van der Waals surface area contributed by atoms with Crippen molar-refractivity contribution in [1.82, 2.24) is 0 Å². The molecule has 1 aliphatic heterocycles. The number of carbonyl (C=O) groups excluding carboxylic acids is 1. The van der Waals surface area contributed by atoms with Crippen LogP contribution in [0.3, 0.4) is 0 Å². The van der Waals surface area contributed by atoms with Crippen LogP contribution in [0.25, 0.3) is 0 Å². The van der Waals surface area contributed by atoms with E-state index in [0.717, 1.165) is 18.5 Å². The Balaban J connectivity index is 1.61. The SMILES string of the molecule is O=Cc1cccc(OCC2Cc3ccccc3S2)c1. The Hall–Kier alpha value is -1.74. The lowest BCUT2D eigenvalue weighted by Gasteiger charge is -2.11. The fourth-order valence-corrected chi connectivity index (χ4v) is 3.43. The summed E-state index contributed by atoms with van der Waals surface area (Å²) in [5.74, 6) is 0.765. The number of carbonyl (C=O) groups is 1. The smallest absolute Gasteiger partial charge is 0.150 e. The Kier molecular flexibility index (Phi) is 3.56. The summed E-state index contributed by atoms with van der Waals surface area (Å²) in [6.45, 7) is 0.668. The van der Waals surface area contributed by atoms with E-state index in [2.05, 4.69) is 24.3 Å². The van der Waals surface area contributed by atoms with Crippen LogP contribution >= 0.6 is 11.8 Å². The van der Waals surface area contributed by atoms with Gasteiger partial charge in [0.15, 0.2) is 0 Å². The number of aldehydes is 1. The first-order valence-electron chi connectivity index (χ1n) is 6.28. The van der Waals surface area contributed by atoms with E-state index in [9.17, 15) is 4.79 Å². The molecule has 0 bridgehead atoms. The van der Waals surface area contributed by atoms with Crippen LogP contribution in [0, 0.1) is 0 Å². The number of ether oxygens (including phenoxy) is 1. The van der Waals surface area contributed by atoms with E-state index in [1.807, 2.05) is 23.9 Å². The van der Waals surface area contributed by atoms with E-state index in [-0.39, 0.29) is 0 Å². The van der Waals surface area contributed by atoms with Gasteiger partial charge in [-0.05, 0) is 30.2 Å². The Morgan fingerprint density at radius 1 is 1.21 bits per heavy atom. The van der Waals surface area contributed by atoms with E-state index in [1.54, 1.807) is 12.1 Å². The van der Waals surface area contributed by atoms with Crippen LogP contribution in [0.15, 0.2) is 53.4 Å². The standard InChI is InChI=1S/C16H14O2S/c17-10-12-4-3-6-14(8-12)18-11-15-9-13-5-1-2-7-16(13)19-15/h1-8,10,15H,9,11H2. The molecule has 2 aromatic rings. The summed E-state index contributed by atoms with van der Waals surface area (Å²) >= 11 is 1.87. The summed E-state index contributed by atoms with van der Waals surface area (Å²) in [6.07, 6.45) is 1.89. The predicted molar refractivity (Wildman–Crippen MR) is 77.1 cm³/mol. The third kappa shape index (κ3) is 2.82. The van der Waals surface area contributed by atoms with Crippen LogP contribution in [0.1, 0.15) is 15.9 Å². The third-order valence-electron chi connectivity index (χ3n) is 3.14. The van der Waals surface area contributed by atoms with E-state index in [1.165, 1.54) is 10.5 Å². The van der Waals surface area contributed by atoms with Crippen LogP contribution in [0.5, 0.6) is 5.75 Å². The zero-order chi connectivity index (χ0) is 13.1. The highest BCUT2D eigenvalue weighted by Crippen LogP contribution is 2.36. The zero-order valence-corrected chi connectivity index (χ0v) is 11.2. The first-order chi connectivity index (χ1) is 9.35. The van der Waals surface area contributed by atoms with E-state index in [0.29, 0.717) is 17.4 Å². The Morgan fingerprint density at radius 3 is 2.95 bits per heavy atom. The minimum absolute atomic E-state index is 0.456. The van der Waals surface area contributed by atoms with Crippen LogP contribution in [0.4, 0.5) is 0 Å². The molecule has 3 heteroatoms. The van der Waals surface area contributed by atoms with Crippen molar-refractivity contribution in [2.24, 2.45) is 0 Å². The normalized spacial score (nSPS) is 16.9. The molecule has 1 aliphatic rings. The van der Waals surface area contributed by atoms with Gasteiger partial charge in [0.1, 0.15) is 18.6 Å². The number of rotatable bonds is 4. The van der Waals surface area contributed by atoms with Crippen LogP contribution in [-0.4, -0.2) is 18.1 Å².